The normalized spacial score (nSPS) is 10.6. The zero-order chi connectivity index (χ0) is 10.9. The first kappa shape index (κ1) is 10.4. The van der Waals surface area contributed by atoms with Crippen LogP contribution in [0.4, 0.5) is 17.6 Å². The highest BCUT2D eigenvalue weighted by atomic mass is 19.3. The molecule has 0 bridgehead atoms. The molecular formula is C7H3F4NO2. The Bertz CT molecular complexity index is 380. The zero-order valence-corrected chi connectivity index (χ0v) is 6.47. The molecule has 3 nitrogen and oxygen atoms in total. The van der Waals surface area contributed by atoms with Crippen molar-refractivity contribution in [2.75, 3.05) is 0 Å². The maximum absolute atomic E-state index is 12.9. The number of pyridine rings is 1. The molecule has 0 unspecified atom stereocenters. The molecule has 76 valence electrons. The Kier molecular flexibility index (Phi) is 2.68. The average molecular weight is 209 g/mol. The number of alkyl halides is 2. The van der Waals surface area contributed by atoms with Crippen LogP contribution < -0.4 is 0 Å². The SMILES string of the molecule is O=C(O)c1c(F)ncc(C(F)F)c1F. The van der Waals surface area contributed by atoms with Crippen LogP contribution >= 0.6 is 0 Å². The Balaban J connectivity index is 3.41. The minimum Gasteiger partial charge on any atom is -0.477 e. The van der Waals surface area contributed by atoms with Crippen LogP contribution in [0.3, 0.4) is 0 Å². The van der Waals surface area contributed by atoms with Crippen LogP contribution in [0.5, 0.6) is 0 Å². The molecule has 1 heterocycles. The number of hydrogen-bond donors (Lipinski definition) is 1. The Morgan fingerprint density at radius 2 is 2.00 bits per heavy atom. The van der Waals surface area contributed by atoms with Crippen molar-refractivity contribution in [2.45, 2.75) is 6.43 Å². The van der Waals surface area contributed by atoms with Gasteiger partial charge in [0.15, 0.2) is 11.4 Å². The van der Waals surface area contributed by atoms with E-state index in [4.69, 9.17) is 5.11 Å². The summed E-state index contributed by atoms with van der Waals surface area (Å²) in [5, 5.41) is 8.29. The van der Waals surface area contributed by atoms with Crippen molar-refractivity contribution in [3.63, 3.8) is 0 Å². The van der Waals surface area contributed by atoms with Crippen LogP contribution in [0.1, 0.15) is 22.3 Å². The molecule has 0 aliphatic rings. The molecule has 0 aromatic carbocycles. The fraction of sp³-hybridized carbons (Fsp3) is 0.143. The third-order valence-electron chi connectivity index (χ3n) is 1.45. The van der Waals surface area contributed by atoms with Gasteiger partial charge in [-0.3, -0.25) is 0 Å². The Hall–Kier alpha value is -1.66. The molecule has 0 spiro atoms. The highest BCUT2D eigenvalue weighted by Crippen LogP contribution is 2.24. The summed E-state index contributed by atoms with van der Waals surface area (Å²) in [6.07, 6.45) is -2.97. The van der Waals surface area contributed by atoms with E-state index in [2.05, 4.69) is 4.98 Å². The van der Waals surface area contributed by atoms with E-state index in [1.54, 1.807) is 0 Å². The van der Waals surface area contributed by atoms with Gasteiger partial charge in [0.05, 0.1) is 5.56 Å². The molecule has 0 atom stereocenters. The summed E-state index contributed by atoms with van der Waals surface area (Å²) in [6.45, 7) is 0. The lowest BCUT2D eigenvalue weighted by Gasteiger charge is -2.04. The van der Waals surface area contributed by atoms with Crippen LogP contribution in [0.2, 0.25) is 0 Å². The molecule has 0 amide bonds. The summed E-state index contributed by atoms with van der Waals surface area (Å²) in [6, 6.07) is 0. The average Bonchev–Trinajstić information content (AvgIpc) is 2.02. The van der Waals surface area contributed by atoms with Gasteiger partial charge in [0, 0.05) is 6.20 Å². The van der Waals surface area contributed by atoms with E-state index in [0.717, 1.165) is 0 Å². The van der Waals surface area contributed by atoms with Crippen molar-refractivity contribution in [3.8, 4) is 0 Å². The highest BCUT2D eigenvalue weighted by Gasteiger charge is 2.24. The quantitative estimate of drug-likeness (QED) is 0.598. The number of rotatable bonds is 2. The van der Waals surface area contributed by atoms with E-state index in [9.17, 15) is 22.4 Å². The molecule has 0 saturated carbocycles. The summed E-state index contributed by atoms with van der Waals surface area (Å²) in [4.78, 5) is 13.0. The third kappa shape index (κ3) is 1.66. The molecule has 0 radical (unpaired) electrons. The predicted octanol–water partition coefficient (Wildman–Crippen LogP) is 2.00. The van der Waals surface area contributed by atoms with Gasteiger partial charge in [-0.1, -0.05) is 0 Å². The summed E-state index contributed by atoms with van der Waals surface area (Å²) < 4.78 is 49.5. The Morgan fingerprint density at radius 1 is 1.43 bits per heavy atom. The number of nitrogens with zero attached hydrogens (tertiary/aromatic N) is 1. The molecule has 1 rings (SSSR count). The highest BCUT2D eigenvalue weighted by molar-refractivity contribution is 5.88. The number of aromatic carboxylic acids is 1. The molecule has 0 aliphatic carbocycles. The van der Waals surface area contributed by atoms with Crippen LogP contribution in [-0.4, -0.2) is 16.1 Å². The lowest BCUT2D eigenvalue weighted by molar-refractivity contribution is 0.0683. The van der Waals surface area contributed by atoms with Gasteiger partial charge in [-0.15, -0.1) is 0 Å². The van der Waals surface area contributed by atoms with Crippen LogP contribution in [0.15, 0.2) is 6.20 Å². The van der Waals surface area contributed by atoms with Crippen LogP contribution in [0, 0.1) is 11.8 Å². The van der Waals surface area contributed by atoms with E-state index >= 15 is 0 Å². The molecule has 1 N–H and O–H groups in total. The van der Waals surface area contributed by atoms with E-state index in [1.807, 2.05) is 0 Å². The number of hydrogen-bond acceptors (Lipinski definition) is 2. The standard InChI is InChI=1S/C7H3F4NO2/c8-4-2(5(9)10)1-12-6(11)3(4)7(13)14/h1,5H,(H,13,14). The minimum atomic E-state index is -3.24. The van der Waals surface area contributed by atoms with Crippen molar-refractivity contribution in [1.82, 2.24) is 4.98 Å². The van der Waals surface area contributed by atoms with Gasteiger partial charge in [0.2, 0.25) is 5.95 Å². The summed E-state index contributed by atoms with van der Waals surface area (Å²) in [5.74, 6) is -5.39. The fourth-order valence-electron chi connectivity index (χ4n) is 0.817. The number of carbonyl (C=O) groups is 1. The van der Waals surface area contributed by atoms with Gasteiger partial charge in [0.25, 0.3) is 6.43 Å². The summed E-state index contributed by atoms with van der Waals surface area (Å²) >= 11 is 0. The fourth-order valence-corrected chi connectivity index (χ4v) is 0.817. The number of aromatic nitrogens is 1. The van der Waals surface area contributed by atoms with Gasteiger partial charge < -0.3 is 5.11 Å². The number of halogens is 4. The van der Waals surface area contributed by atoms with Gasteiger partial charge in [0.1, 0.15) is 0 Å². The molecule has 1 aromatic heterocycles. The smallest absolute Gasteiger partial charge is 0.343 e. The van der Waals surface area contributed by atoms with Crippen LogP contribution in [-0.2, 0) is 0 Å². The van der Waals surface area contributed by atoms with Gasteiger partial charge in [-0.05, 0) is 0 Å². The molecule has 0 fully saturated rings. The first-order valence-corrected chi connectivity index (χ1v) is 3.30. The van der Waals surface area contributed by atoms with Crippen molar-refractivity contribution < 1.29 is 27.5 Å². The largest absolute Gasteiger partial charge is 0.477 e. The Morgan fingerprint density at radius 3 is 2.43 bits per heavy atom. The third-order valence-corrected chi connectivity index (χ3v) is 1.45. The minimum absolute atomic E-state index is 0.266. The second kappa shape index (κ2) is 3.60. The Labute approximate surface area is 75.0 Å². The molecule has 7 heteroatoms. The molecular weight excluding hydrogens is 206 g/mol. The lowest BCUT2D eigenvalue weighted by Crippen LogP contribution is -2.09. The van der Waals surface area contributed by atoms with Gasteiger partial charge in [-0.2, -0.15) is 4.39 Å². The maximum Gasteiger partial charge on any atom is 0.343 e. The second-order valence-corrected chi connectivity index (χ2v) is 2.30. The molecule has 0 aliphatic heterocycles. The van der Waals surface area contributed by atoms with E-state index in [-0.39, 0.29) is 6.20 Å². The van der Waals surface area contributed by atoms with Crippen molar-refractivity contribution >= 4 is 5.97 Å². The zero-order valence-electron chi connectivity index (χ0n) is 6.47. The monoisotopic (exact) mass is 209 g/mol. The maximum atomic E-state index is 12.9. The van der Waals surface area contributed by atoms with Crippen LogP contribution in [0.25, 0.3) is 0 Å². The molecule has 0 saturated heterocycles. The summed E-state index contributed by atoms with van der Waals surface area (Å²) in [7, 11) is 0. The summed E-state index contributed by atoms with van der Waals surface area (Å²) in [5.41, 5.74) is -2.70. The van der Waals surface area contributed by atoms with Crippen molar-refractivity contribution in [3.05, 3.63) is 29.1 Å². The van der Waals surface area contributed by atoms with Crippen molar-refractivity contribution in [1.29, 1.82) is 0 Å². The molecule has 14 heavy (non-hydrogen) atoms. The second-order valence-electron chi connectivity index (χ2n) is 2.30. The predicted molar refractivity (Wildman–Crippen MR) is 36.1 cm³/mol. The lowest BCUT2D eigenvalue weighted by atomic mass is 10.2. The number of carboxylic acids is 1. The van der Waals surface area contributed by atoms with Crippen molar-refractivity contribution in [2.24, 2.45) is 0 Å². The van der Waals surface area contributed by atoms with Gasteiger partial charge >= 0.3 is 5.97 Å². The first-order valence-electron chi connectivity index (χ1n) is 3.30. The molecule has 1 aromatic rings. The van der Waals surface area contributed by atoms with E-state index in [1.165, 1.54) is 0 Å². The van der Waals surface area contributed by atoms with E-state index in [0.29, 0.717) is 0 Å². The first-order chi connectivity index (χ1) is 6.45. The van der Waals surface area contributed by atoms with E-state index < -0.39 is 35.3 Å². The number of carboxylic acid groups (broad SMARTS) is 1. The topological polar surface area (TPSA) is 50.2 Å². The van der Waals surface area contributed by atoms with Gasteiger partial charge in [-0.25, -0.2) is 22.9 Å².